The van der Waals surface area contributed by atoms with Gasteiger partial charge in [0.15, 0.2) is 5.75 Å². The molecule has 0 aliphatic heterocycles. The molecule has 1 aromatic heterocycles. The van der Waals surface area contributed by atoms with E-state index in [4.69, 9.17) is 11.6 Å². The normalized spacial score (nSPS) is 12.4. The van der Waals surface area contributed by atoms with Gasteiger partial charge in [0.2, 0.25) is 5.88 Å². The van der Waals surface area contributed by atoms with Crippen molar-refractivity contribution in [1.29, 1.82) is 0 Å². The predicted octanol–water partition coefficient (Wildman–Crippen LogP) is 3.75. The quantitative estimate of drug-likeness (QED) is 0.629. The minimum Gasteiger partial charge on any atom is -0.481 e. The second kappa shape index (κ2) is 5.32. The summed E-state index contributed by atoms with van der Waals surface area (Å²) in [5.41, 5.74) is -2.38. The van der Waals surface area contributed by atoms with Gasteiger partial charge < -0.3 is 9.47 Å². The molecule has 19 heavy (non-hydrogen) atoms. The Morgan fingerprint density at radius 2 is 1.79 bits per heavy atom. The van der Waals surface area contributed by atoms with Crippen LogP contribution in [0.5, 0.6) is 11.6 Å². The van der Waals surface area contributed by atoms with E-state index in [0.29, 0.717) is 0 Å². The number of aromatic nitrogens is 1. The van der Waals surface area contributed by atoms with Crippen LogP contribution >= 0.6 is 11.6 Å². The topological polar surface area (TPSA) is 31.4 Å². The van der Waals surface area contributed by atoms with E-state index in [0.717, 1.165) is 7.11 Å². The van der Waals surface area contributed by atoms with Gasteiger partial charge in [-0.05, 0) is 0 Å². The Labute approximate surface area is 108 Å². The lowest BCUT2D eigenvalue weighted by molar-refractivity contribution is -0.276. The maximum absolute atomic E-state index is 12.8. The molecule has 0 amide bonds. The maximum atomic E-state index is 12.8. The highest BCUT2D eigenvalue weighted by Crippen LogP contribution is 2.43. The van der Waals surface area contributed by atoms with E-state index in [9.17, 15) is 26.3 Å². The van der Waals surface area contributed by atoms with Crippen molar-refractivity contribution in [2.75, 3.05) is 7.11 Å². The number of methoxy groups -OCH3 is 1. The molecule has 0 saturated heterocycles. The summed E-state index contributed by atoms with van der Waals surface area (Å²) in [6.45, 7) is 0. The van der Waals surface area contributed by atoms with Crippen molar-refractivity contribution in [2.45, 2.75) is 18.4 Å². The first-order valence-electron chi connectivity index (χ1n) is 4.55. The number of hydrogen-bond acceptors (Lipinski definition) is 3. The largest absolute Gasteiger partial charge is 0.573 e. The first kappa shape index (κ1) is 15.7. The molecule has 0 bridgehead atoms. The summed E-state index contributed by atoms with van der Waals surface area (Å²) in [4.78, 5) is 3.29. The van der Waals surface area contributed by atoms with Crippen molar-refractivity contribution >= 4 is 11.6 Å². The second-order valence-corrected chi connectivity index (χ2v) is 3.43. The summed E-state index contributed by atoms with van der Waals surface area (Å²) >= 11 is 5.31. The van der Waals surface area contributed by atoms with Crippen LogP contribution in [0.2, 0.25) is 0 Å². The molecular formula is C9H6ClF6NO2. The molecule has 3 nitrogen and oxygen atoms in total. The minimum atomic E-state index is -5.28. The van der Waals surface area contributed by atoms with E-state index in [1.807, 2.05) is 0 Å². The lowest BCUT2D eigenvalue weighted by Crippen LogP contribution is -2.21. The Morgan fingerprint density at radius 3 is 2.16 bits per heavy atom. The summed E-state index contributed by atoms with van der Waals surface area (Å²) in [7, 11) is 1.02. The van der Waals surface area contributed by atoms with Crippen LogP contribution in [-0.2, 0) is 12.1 Å². The molecule has 0 radical (unpaired) electrons. The van der Waals surface area contributed by atoms with Crippen LogP contribution in [0.25, 0.3) is 0 Å². The fraction of sp³-hybridized carbons (Fsp3) is 0.444. The number of ether oxygens (including phenoxy) is 2. The van der Waals surface area contributed by atoms with Gasteiger partial charge in [0.1, 0.15) is 5.56 Å². The van der Waals surface area contributed by atoms with Gasteiger partial charge in [-0.15, -0.1) is 24.8 Å². The average Bonchev–Trinajstić information content (AvgIpc) is 2.24. The number of nitrogens with zero attached hydrogens (tertiary/aromatic N) is 1. The Morgan fingerprint density at radius 1 is 1.21 bits per heavy atom. The molecule has 0 N–H and O–H groups in total. The van der Waals surface area contributed by atoms with E-state index in [1.165, 1.54) is 0 Å². The fourth-order valence-electron chi connectivity index (χ4n) is 1.33. The summed E-state index contributed by atoms with van der Waals surface area (Å²) < 4.78 is 82.4. The van der Waals surface area contributed by atoms with Gasteiger partial charge >= 0.3 is 12.5 Å². The van der Waals surface area contributed by atoms with Gasteiger partial charge in [-0.2, -0.15) is 13.2 Å². The highest BCUT2D eigenvalue weighted by atomic mass is 35.5. The Kier molecular flexibility index (Phi) is 4.39. The summed E-state index contributed by atoms with van der Waals surface area (Å²) in [5.74, 6) is -2.73. The SMILES string of the molecule is COc1ncc(OC(F)(F)F)c(C(F)(F)F)c1CCl. The maximum Gasteiger partial charge on any atom is 0.573 e. The predicted molar refractivity (Wildman–Crippen MR) is 52.0 cm³/mol. The molecule has 0 aliphatic rings. The van der Waals surface area contributed by atoms with E-state index < -0.39 is 41.2 Å². The monoisotopic (exact) mass is 309 g/mol. The molecule has 0 atom stereocenters. The fourth-order valence-corrected chi connectivity index (χ4v) is 1.58. The third kappa shape index (κ3) is 3.79. The van der Waals surface area contributed by atoms with Gasteiger partial charge in [-0.25, -0.2) is 4.98 Å². The molecule has 108 valence electrons. The van der Waals surface area contributed by atoms with Crippen LogP contribution in [0.15, 0.2) is 6.20 Å². The van der Waals surface area contributed by atoms with Crippen LogP contribution < -0.4 is 9.47 Å². The van der Waals surface area contributed by atoms with Crippen molar-refractivity contribution in [3.8, 4) is 11.6 Å². The van der Waals surface area contributed by atoms with E-state index >= 15 is 0 Å². The second-order valence-electron chi connectivity index (χ2n) is 3.16. The van der Waals surface area contributed by atoms with Gasteiger partial charge in [0.25, 0.3) is 0 Å². The van der Waals surface area contributed by atoms with Crippen molar-refractivity contribution in [1.82, 2.24) is 4.98 Å². The van der Waals surface area contributed by atoms with Crippen molar-refractivity contribution in [2.24, 2.45) is 0 Å². The molecule has 1 rings (SSSR count). The standard InChI is InChI=1S/C9H6ClF6NO2/c1-18-7-4(2-10)6(8(11,12)13)5(3-17-7)19-9(14,15)16/h3H,2H2,1H3. The van der Waals surface area contributed by atoms with Crippen molar-refractivity contribution in [3.63, 3.8) is 0 Å². The molecule has 0 fully saturated rings. The van der Waals surface area contributed by atoms with Gasteiger partial charge in [0, 0.05) is 5.56 Å². The number of pyridine rings is 1. The first-order valence-corrected chi connectivity index (χ1v) is 5.08. The van der Waals surface area contributed by atoms with Crippen LogP contribution in [0.1, 0.15) is 11.1 Å². The van der Waals surface area contributed by atoms with Gasteiger partial charge in [-0.3, -0.25) is 0 Å². The molecule has 1 heterocycles. The number of hydrogen-bond donors (Lipinski definition) is 0. The number of alkyl halides is 7. The lowest BCUT2D eigenvalue weighted by atomic mass is 10.1. The summed E-state index contributed by atoms with van der Waals surface area (Å²) in [6.07, 6.45) is -10.1. The zero-order valence-electron chi connectivity index (χ0n) is 9.19. The molecular weight excluding hydrogens is 304 g/mol. The van der Waals surface area contributed by atoms with Crippen molar-refractivity contribution in [3.05, 3.63) is 17.3 Å². The molecule has 0 aliphatic carbocycles. The van der Waals surface area contributed by atoms with Gasteiger partial charge in [-0.1, -0.05) is 0 Å². The third-order valence-electron chi connectivity index (χ3n) is 1.94. The summed E-state index contributed by atoms with van der Waals surface area (Å²) in [5, 5.41) is 0. The molecule has 10 heteroatoms. The Bertz CT molecular complexity index is 459. The molecule has 0 spiro atoms. The van der Waals surface area contributed by atoms with Crippen LogP contribution in [0.3, 0.4) is 0 Å². The average molecular weight is 310 g/mol. The Balaban J connectivity index is 3.48. The van der Waals surface area contributed by atoms with Crippen LogP contribution in [0.4, 0.5) is 26.3 Å². The van der Waals surface area contributed by atoms with E-state index in [2.05, 4.69) is 14.5 Å². The van der Waals surface area contributed by atoms with Gasteiger partial charge in [0.05, 0.1) is 19.2 Å². The highest BCUT2D eigenvalue weighted by molar-refractivity contribution is 6.17. The van der Waals surface area contributed by atoms with Crippen molar-refractivity contribution < 1.29 is 35.8 Å². The van der Waals surface area contributed by atoms with E-state index in [1.54, 1.807) is 0 Å². The number of halogens is 7. The molecule has 0 unspecified atom stereocenters. The van der Waals surface area contributed by atoms with Crippen LogP contribution in [-0.4, -0.2) is 18.5 Å². The lowest BCUT2D eigenvalue weighted by Gasteiger charge is -2.18. The first-order chi connectivity index (χ1) is 8.60. The zero-order valence-corrected chi connectivity index (χ0v) is 9.95. The molecule has 0 saturated carbocycles. The summed E-state index contributed by atoms with van der Waals surface area (Å²) in [6, 6.07) is 0. The molecule has 1 aromatic rings. The Hall–Kier alpha value is -1.38. The third-order valence-corrected chi connectivity index (χ3v) is 2.21. The van der Waals surface area contributed by atoms with E-state index in [-0.39, 0.29) is 6.20 Å². The number of rotatable bonds is 3. The zero-order chi connectivity index (χ0) is 14.8. The minimum absolute atomic E-state index is 0.283. The highest BCUT2D eigenvalue weighted by Gasteiger charge is 2.42. The smallest absolute Gasteiger partial charge is 0.481 e. The van der Waals surface area contributed by atoms with Crippen LogP contribution in [0, 0.1) is 0 Å². The molecule has 0 aromatic carbocycles.